The second-order valence-corrected chi connectivity index (χ2v) is 7.12. The molecule has 5 heteroatoms. The minimum Gasteiger partial charge on any atom is -0.464 e. The zero-order valence-electron chi connectivity index (χ0n) is 15.1. The van der Waals surface area contributed by atoms with Crippen LogP contribution in [0.15, 0.2) is 22.8 Å². The van der Waals surface area contributed by atoms with E-state index in [1.165, 1.54) is 0 Å². The summed E-state index contributed by atoms with van der Waals surface area (Å²) in [5, 5.41) is 0.927. The average molecular weight is 343 g/mol. The summed E-state index contributed by atoms with van der Waals surface area (Å²) in [6.45, 7) is 7.52. The van der Waals surface area contributed by atoms with Gasteiger partial charge in [-0.15, -0.1) is 0 Å². The molecule has 5 nitrogen and oxygen atoms in total. The number of benzene rings is 1. The topological polar surface area (TPSA) is 59.8 Å². The Bertz CT molecular complexity index is 792. The third-order valence-electron chi connectivity index (χ3n) is 4.97. The molecule has 3 rings (SSSR count). The van der Waals surface area contributed by atoms with Crippen LogP contribution in [0.4, 0.5) is 0 Å². The number of nitrogens with zero attached hydrogens (tertiary/aromatic N) is 1. The largest absolute Gasteiger partial charge is 0.464 e. The van der Waals surface area contributed by atoms with Crippen molar-refractivity contribution in [3.8, 4) is 0 Å². The SMILES string of the molecule is Cc1cc2occ(CC(=O)OCC(=O)N3CCC[C@H](C)C3)c2cc1C. The Morgan fingerprint density at radius 1 is 1.28 bits per heavy atom. The minimum absolute atomic E-state index is 0.108. The first-order valence-electron chi connectivity index (χ1n) is 8.84. The fourth-order valence-corrected chi connectivity index (χ4v) is 3.33. The number of esters is 1. The summed E-state index contributed by atoms with van der Waals surface area (Å²) in [5.74, 6) is 0.000138. The van der Waals surface area contributed by atoms with Gasteiger partial charge in [-0.25, -0.2) is 0 Å². The van der Waals surface area contributed by atoms with Gasteiger partial charge in [0.05, 0.1) is 12.7 Å². The monoisotopic (exact) mass is 343 g/mol. The highest BCUT2D eigenvalue weighted by Crippen LogP contribution is 2.25. The Kier molecular flexibility index (Phi) is 5.11. The van der Waals surface area contributed by atoms with E-state index < -0.39 is 5.97 Å². The molecule has 0 aliphatic carbocycles. The third-order valence-corrected chi connectivity index (χ3v) is 4.97. The van der Waals surface area contributed by atoms with Gasteiger partial charge < -0.3 is 14.1 Å². The third kappa shape index (κ3) is 4.03. The maximum Gasteiger partial charge on any atom is 0.310 e. The average Bonchev–Trinajstić information content (AvgIpc) is 2.95. The molecule has 25 heavy (non-hydrogen) atoms. The summed E-state index contributed by atoms with van der Waals surface area (Å²) < 4.78 is 10.7. The number of amides is 1. The van der Waals surface area contributed by atoms with Gasteiger partial charge in [0.1, 0.15) is 5.58 Å². The molecular formula is C20H25NO4. The lowest BCUT2D eigenvalue weighted by atomic mass is 10.0. The molecule has 1 saturated heterocycles. The zero-order chi connectivity index (χ0) is 18.0. The number of piperidine rings is 1. The molecule has 0 unspecified atom stereocenters. The molecule has 0 bridgehead atoms. The molecule has 0 N–H and O–H groups in total. The minimum atomic E-state index is -0.403. The Morgan fingerprint density at radius 2 is 2.04 bits per heavy atom. The van der Waals surface area contributed by atoms with Gasteiger partial charge >= 0.3 is 5.97 Å². The highest BCUT2D eigenvalue weighted by atomic mass is 16.5. The molecular weight excluding hydrogens is 318 g/mol. The van der Waals surface area contributed by atoms with Crippen molar-refractivity contribution in [3.63, 3.8) is 0 Å². The molecule has 0 saturated carbocycles. The van der Waals surface area contributed by atoms with Gasteiger partial charge in [-0.3, -0.25) is 9.59 Å². The van der Waals surface area contributed by atoms with Gasteiger partial charge in [0.25, 0.3) is 5.91 Å². The summed E-state index contributed by atoms with van der Waals surface area (Å²) in [4.78, 5) is 26.1. The summed E-state index contributed by atoms with van der Waals surface area (Å²) in [7, 11) is 0. The molecule has 1 aromatic carbocycles. The van der Waals surface area contributed by atoms with Crippen LogP contribution in [0.25, 0.3) is 11.0 Å². The normalized spacial score (nSPS) is 17.7. The van der Waals surface area contributed by atoms with E-state index in [0.717, 1.165) is 53.6 Å². The molecule has 2 heterocycles. The van der Waals surface area contributed by atoms with Crippen molar-refractivity contribution in [2.45, 2.75) is 40.0 Å². The Labute approximate surface area is 147 Å². The molecule has 0 radical (unpaired) electrons. The molecule has 0 spiro atoms. The van der Waals surface area contributed by atoms with Gasteiger partial charge in [0, 0.05) is 24.0 Å². The lowest BCUT2D eigenvalue weighted by Gasteiger charge is -2.30. The van der Waals surface area contributed by atoms with Crippen molar-refractivity contribution in [1.29, 1.82) is 0 Å². The van der Waals surface area contributed by atoms with Crippen molar-refractivity contribution >= 4 is 22.8 Å². The van der Waals surface area contributed by atoms with Gasteiger partial charge in [-0.1, -0.05) is 6.92 Å². The van der Waals surface area contributed by atoms with Crippen molar-refractivity contribution in [1.82, 2.24) is 4.90 Å². The number of hydrogen-bond donors (Lipinski definition) is 0. The highest BCUT2D eigenvalue weighted by molar-refractivity contribution is 5.87. The number of aryl methyl sites for hydroxylation is 2. The number of fused-ring (bicyclic) bond motifs is 1. The lowest BCUT2D eigenvalue weighted by molar-refractivity contribution is -0.152. The van der Waals surface area contributed by atoms with Crippen LogP contribution < -0.4 is 0 Å². The molecule has 1 fully saturated rings. The Morgan fingerprint density at radius 3 is 2.80 bits per heavy atom. The first-order chi connectivity index (χ1) is 11.9. The predicted octanol–water partition coefficient (Wildman–Crippen LogP) is 3.39. The second kappa shape index (κ2) is 7.30. The van der Waals surface area contributed by atoms with E-state index in [0.29, 0.717) is 5.92 Å². The van der Waals surface area contributed by atoms with E-state index in [-0.39, 0.29) is 18.9 Å². The van der Waals surface area contributed by atoms with Gasteiger partial charge in [0.15, 0.2) is 6.61 Å². The van der Waals surface area contributed by atoms with E-state index in [1.807, 2.05) is 26.0 Å². The summed E-state index contributed by atoms with van der Waals surface area (Å²) in [5.41, 5.74) is 3.86. The fraction of sp³-hybridized carbons (Fsp3) is 0.500. The number of furan rings is 1. The van der Waals surface area contributed by atoms with E-state index in [4.69, 9.17) is 9.15 Å². The maximum atomic E-state index is 12.2. The molecule has 1 atom stereocenters. The van der Waals surface area contributed by atoms with E-state index in [1.54, 1.807) is 11.2 Å². The summed E-state index contributed by atoms with van der Waals surface area (Å²) in [6.07, 6.45) is 3.87. The summed E-state index contributed by atoms with van der Waals surface area (Å²) in [6, 6.07) is 4.00. The van der Waals surface area contributed by atoms with Crippen LogP contribution in [0, 0.1) is 19.8 Å². The lowest BCUT2D eigenvalue weighted by Crippen LogP contribution is -2.41. The number of likely N-dealkylation sites (tertiary alicyclic amines) is 1. The standard InChI is InChI=1S/C20H25NO4/c1-13-5-4-6-21(10-13)19(22)12-25-20(23)9-16-11-24-18-8-15(3)14(2)7-17(16)18/h7-8,11,13H,4-6,9-10,12H2,1-3H3/t13-/m0/s1. The molecule has 1 aliphatic rings. The van der Waals surface area contributed by atoms with Crippen molar-refractivity contribution in [2.75, 3.05) is 19.7 Å². The first kappa shape index (κ1) is 17.5. The highest BCUT2D eigenvalue weighted by Gasteiger charge is 2.22. The van der Waals surface area contributed by atoms with Gasteiger partial charge in [-0.05, 0) is 55.9 Å². The molecule has 134 valence electrons. The van der Waals surface area contributed by atoms with Crippen molar-refractivity contribution in [2.24, 2.45) is 5.92 Å². The molecule has 2 aromatic rings. The fourth-order valence-electron chi connectivity index (χ4n) is 3.33. The zero-order valence-corrected chi connectivity index (χ0v) is 15.1. The first-order valence-corrected chi connectivity index (χ1v) is 8.84. The molecule has 1 amide bonds. The van der Waals surface area contributed by atoms with Crippen molar-refractivity contribution in [3.05, 3.63) is 35.1 Å². The number of carbonyl (C=O) groups is 2. The van der Waals surface area contributed by atoms with Crippen LogP contribution >= 0.6 is 0 Å². The second-order valence-electron chi connectivity index (χ2n) is 7.12. The number of ether oxygens (including phenoxy) is 1. The number of carbonyl (C=O) groups excluding carboxylic acids is 2. The van der Waals surface area contributed by atoms with Crippen LogP contribution in [0.3, 0.4) is 0 Å². The van der Waals surface area contributed by atoms with E-state index in [9.17, 15) is 9.59 Å². The van der Waals surface area contributed by atoms with Gasteiger partial charge in [0.2, 0.25) is 0 Å². The van der Waals surface area contributed by atoms with E-state index >= 15 is 0 Å². The van der Waals surface area contributed by atoms with Crippen LogP contribution in [-0.4, -0.2) is 36.5 Å². The summed E-state index contributed by atoms with van der Waals surface area (Å²) >= 11 is 0. The molecule has 1 aromatic heterocycles. The maximum absolute atomic E-state index is 12.2. The van der Waals surface area contributed by atoms with Crippen LogP contribution in [0.2, 0.25) is 0 Å². The predicted molar refractivity (Wildman–Crippen MR) is 95.3 cm³/mol. The van der Waals surface area contributed by atoms with E-state index in [2.05, 4.69) is 6.92 Å². The smallest absolute Gasteiger partial charge is 0.310 e. The van der Waals surface area contributed by atoms with Crippen LogP contribution in [0.5, 0.6) is 0 Å². The quantitative estimate of drug-likeness (QED) is 0.799. The number of hydrogen-bond acceptors (Lipinski definition) is 4. The van der Waals surface area contributed by atoms with Crippen LogP contribution in [0.1, 0.15) is 36.5 Å². The Hall–Kier alpha value is -2.30. The number of rotatable bonds is 4. The Balaban J connectivity index is 1.58. The van der Waals surface area contributed by atoms with Crippen molar-refractivity contribution < 1.29 is 18.7 Å². The van der Waals surface area contributed by atoms with Crippen LogP contribution in [-0.2, 0) is 20.7 Å². The molecule has 1 aliphatic heterocycles. The van der Waals surface area contributed by atoms with Gasteiger partial charge in [-0.2, -0.15) is 0 Å².